The summed E-state index contributed by atoms with van der Waals surface area (Å²) in [6.07, 6.45) is 5.39. The summed E-state index contributed by atoms with van der Waals surface area (Å²) in [5.41, 5.74) is 9.14. The third-order valence-electron chi connectivity index (χ3n) is 6.09. The number of hydrogen-bond acceptors (Lipinski definition) is 1. The van der Waals surface area contributed by atoms with Crippen LogP contribution in [0.25, 0.3) is 0 Å². The van der Waals surface area contributed by atoms with Crippen LogP contribution in [0, 0.1) is 0 Å². The van der Waals surface area contributed by atoms with Gasteiger partial charge >= 0.3 is 0 Å². The molecule has 1 N–H and O–H groups in total. The van der Waals surface area contributed by atoms with Crippen LogP contribution in [0.2, 0.25) is 18.1 Å². The maximum Gasteiger partial charge on any atom is 0.123 e. The summed E-state index contributed by atoms with van der Waals surface area (Å²) in [7, 11) is -1.39. The van der Waals surface area contributed by atoms with Crippen molar-refractivity contribution in [2.24, 2.45) is 0 Å². The number of phenols is 1. The quantitative estimate of drug-likeness (QED) is 0.301. The summed E-state index contributed by atoms with van der Waals surface area (Å²) in [5.74, 6) is 0.473. The number of rotatable bonds is 5. The van der Waals surface area contributed by atoms with E-state index in [-0.39, 0.29) is 10.8 Å². The van der Waals surface area contributed by atoms with Gasteiger partial charge in [0.15, 0.2) is 0 Å². The number of unbranched alkanes of at least 4 members (excludes halogenated alkanes) is 1. The van der Waals surface area contributed by atoms with Crippen molar-refractivity contribution in [1.82, 2.24) is 0 Å². The van der Waals surface area contributed by atoms with Crippen molar-refractivity contribution in [2.45, 2.75) is 111 Å². The number of aryl methyl sites for hydroxylation is 1. The summed E-state index contributed by atoms with van der Waals surface area (Å²) in [4.78, 5) is 0. The zero-order valence-electron chi connectivity index (χ0n) is 20.4. The summed E-state index contributed by atoms with van der Waals surface area (Å²) in [6.45, 7) is 24.9. The van der Waals surface area contributed by atoms with Gasteiger partial charge < -0.3 is 5.11 Å². The van der Waals surface area contributed by atoms with E-state index in [0.717, 1.165) is 30.4 Å². The van der Waals surface area contributed by atoms with Gasteiger partial charge in [0.05, 0.1) is 8.07 Å². The van der Waals surface area contributed by atoms with Gasteiger partial charge in [0.1, 0.15) is 5.75 Å². The molecule has 0 saturated heterocycles. The first kappa shape index (κ1) is 24.8. The first-order valence-electron chi connectivity index (χ1n) is 10.8. The van der Waals surface area contributed by atoms with Gasteiger partial charge in [-0.3, -0.25) is 0 Å². The molecule has 158 valence electrons. The predicted octanol–water partition coefficient (Wildman–Crippen LogP) is 8.07. The SMILES string of the molecule is CC(C)(C)c1cc(CCCC=C=C[Si](C)(C)C(C)(C)C)cc(C(C)(C)C)c1O. The van der Waals surface area contributed by atoms with Crippen LogP contribution in [0.15, 0.2) is 29.6 Å². The van der Waals surface area contributed by atoms with Gasteiger partial charge in [0.2, 0.25) is 0 Å². The Morgan fingerprint density at radius 1 is 0.893 bits per heavy atom. The number of aromatic hydroxyl groups is 1. The second-order valence-corrected chi connectivity index (χ2v) is 17.2. The van der Waals surface area contributed by atoms with Gasteiger partial charge in [-0.15, -0.1) is 5.73 Å². The van der Waals surface area contributed by atoms with E-state index in [4.69, 9.17) is 0 Å². The Morgan fingerprint density at radius 3 is 1.75 bits per heavy atom. The van der Waals surface area contributed by atoms with E-state index >= 15 is 0 Å². The lowest BCUT2D eigenvalue weighted by Crippen LogP contribution is -2.34. The standard InChI is InChI=1S/C26H44OSi/c1-24(2,3)21-18-20(19-22(23(21)27)25(4,5)6)16-14-12-13-15-17-28(10,11)26(7,8)9/h13,17-19,27H,12,14,16H2,1-11H3. The molecule has 1 rings (SSSR count). The Balaban J connectivity index is 2.95. The lowest BCUT2D eigenvalue weighted by Gasteiger charge is -2.33. The number of allylic oxidation sites excluding steroid dienone is 1. The number of phenolic OH excluding ortho intramolecular Hbond substituents is 1. The molecule has 1 nitrogen and oxygen atoms in total. The molecule has 0 amide bonds. The van der Waals surface area contributed by atoms with Crippen molar-refractivity contribution in [3.63, 3.8) is 0 Å². The highest BCUT2D eigenvalue weighted by atomic mass is 28.3. The normalized spacial score (nSPS) is 13.2. The molecule has 0 bridgehead atoms. The van der Waals surface area contributed by atoms with Gasteiger partial charge in [-0.1, -0.05) is 93.2 Å². The van der Waals surface area contributed by atoms with Crippen LogP contribution in [0.3, 0.4) is 0 Å². The van der Waals surface area contributed by atoms with Crippen molar-refractivity contribution in [2.75, 3.05) is 0 Å². The molecule has 0 atom stereocenters. The molecule has 0 aliphatic rings. The van der Waals surface area contributed by atoms with Crippen molar-refractivity contribution >= 4 is 8.07 Å². The Morgan fingerprint density at radius 2 is 1.36 bits per heavy atom. The van der Waals surface area contributed by atoms with E-state index in [2.05, 4.69) is 105 Å². The number of hydrogen-bond donors (Lipinski definition) is 1. The van der Waals surface area contributed by atoms with Crippen LogP contribution in [0.4, 0.5) is 0 Å². The topological polar surface area (TPSA) is 20.2 Å². The summed E-state index contributed by atoms with van der Waals surface area (Å²) in [5, 5.41) is 11.2. The van der Waals surface area contributed by atoms with Crippen molar-refractivity contribution in [3.05, 3.63) is 46.3 Å². The molecule has 0 spiro atoms. The summed E-state index contributed by atoms with van der Waals surface area (Å²) in [6, 6.07) is 4.42. The second kappa shape index (κ2) is 8.64. The first-order chi connectivity index (χ1) is 12.5. The highest BCUT2D eigenvalue weighted by molar-refractivity contribution is 6.84. The van der Waals surface area contributed by atoms with Crippen LogP contribution in [-0.2, 0) is 17.3 Å². The number of benzene rings is 1. The molecule has 0 radical (unpaired) electrons. The fourth-order valence-corrected chi connectivity index (χ4v) is 3.92. The third-order valence-corrected chi connectivity index (χ3v) is 10.8. The van der Waals surface area contributed by atoms with Crippen molar-refractivity contribution < 1.29 is 5.11 Å². The molecule has 0 unspecified atom stereocenters. The summed E-state index contributed by atoms with van der Waals surface area (Å²) >= 11 is 0. The molecule has 0 aromatic heterocycles. The van der Waals surface area contributed by atoms with Crippen LogP contribution in [0.1, 0.15) is 91.8 Å². The lowest BCUT2D eigenvalue weighted by atomic mass is 9.78. The molecule has 0 fully saturated rings. The molecule has 1 aromatic carbocycles. The zero-order chi connectivity index (χ0) is 22.0. The first-order valence-corrected chi connectivity index (χ1v) is 13.8. The Kier molecular flexibility index (Phi) is 7.65. The Hall–Kier alpha value is -1.24. The fraction of sp³-hybridized carbons (Fsp3) is 0.654. The van der Waals surface area contributed by atoms with Crippen LogP contribution in [-0.4, -0.2) is 13.2 Å². The Labute approximate surface area is 176 Å². The van der Waals surface area contributed by atoms with E-state index in [1.165, 1.54) is 5.56 Å². The van der Waals surface area contributed by atoms with E-state index < -0.39 is 8.07 Å². The minimum absolute atomic E-state index is 0.0636. The second-order valence-electron chi connectivity index (χ2n) is 11.9. The molecular formula is C26H44OSi. The predicted molar refractivity (Wildman–Crippen MR) is 128 cm³/mol. The maximum atomic E-state index is 10.9. The highest BCUT2D eigenvalue weighted by Crippen LogP contribution is 2.40. The van der Waals surface area contributed by atoms with Gasteiger partial charge in [-0.05, 0) is 57.9 Å². The average molecular weight is 401 g/mol. The van der Waals surface area contributed by atoms with Gasteiger partial charge in [0, 0.05) is 0 Å². The molecule has 1 aromatic rings. The molecule has 0 saturated carbocycles. The molecule has 0 aliphatic carbocycles. The van der Waals surface area contributed by atoms with Gasteiger partial charge in [0.25, 0.3) is 0 Å². The largest absolute Gasteiger partial charge is 0.507 e. The molecule has 0 heterocycles. The minimum atomic E-state index is -1.39. The van der Waals surface area contributed by atoms with Gasteiger partial charge in [-0.2, -0.15) is 0 Å². The summed E-state index contributed by atoms with van der Waals surface area (Å²) < 4.78 is 0. The monoisotopic (exact) mass is 400 g/mol. The zero-order valence-corrected chi connectivity index (χ0v) is 21.4. The maximum absolute atomic E-state index is 10.9. The fourth-order valence-electron chi connectivity index (χ4n) is 2.96. The highest BCUT2D eigenvalue weighted by Gasteiger charge is 2.32. The van der Waals surface area contributed by atoms with Gasteiger partial charge in [-0.25, -0.2) is 0 Å². The molecule has 2 heteroatoms. The van der Waals surface area contributed by atoms with E-state index in [1.807, 2.05) is 0 Å². The van der Waals surface area contributed by atoms with E-state index in [0.29, 0.717) is 10.8 Å². The molecule has 28 heavy (non-hydrogen) atoms. The van der Waals surface area contributed by atoms with Crippen LogP contribution < -0.4 is 0 Å². The van der Waals surface area contributed by atoms with Crippen LogP contribution >= 0.6 is 0 Å². The van der Waals surface area contributed by atoms with E-state index in [9.17, 15) is 5.11 Å². The minimum Gasteiger partial charge on any atom is -0.507 e. The average Bonchev–Trinajstić information content (AvgIpc) is 2.48. The van der Waals surface area contributed by atoms with Crippen molar-refractivity contribution in [3.8, 4) is 5.75 Å². The third kappa shape index (κ3) is 6.67. The molecular weight excluding hydrogens is 356 g/mol. The van der Waals surface area contributed by atoms with E-state index in [1.54, 1.807) is 0 Å². The lowest BCUT2D eigenvalue weighted by molar-refractivity contribution is 0.422. The molecule has 0 aliphatic heterocycles. The van der Waals surface area contributed by atoms with Crippen molar-refractivity contribution in [1.29, 1.82) is 0 Å². The Bertz CT molecular complexity index is 692. The smallest absolute Gasteiger partial charge is 0.123 e. The van der Waals surface area contributed by atoms with Crippen LogP contribution in [0.5, 0.6) is 5.75 Å².